The van der Waals surface area contributed by atoms with E-state index in [4.69, 9.17) is 10.5 Å². The average Bonchev–Trinajstić information content (AvgIpc) is 2.99. The number of nitrogens with two attached hydrogens (primary N) is 1. The van der Waals surface area contributed by atoms with Crippen LogP contribution in [0.4, 0.5) is 4.79 Å². The minimum Gasteiger partial charge on any atom is -0.448 e. The van der Waals surface area contributed by atoms with Gasteiger partial charge in [0.15, 0.2) is 0 Å². The highest BCUT2D eigenvalue weighted by atomic mass is 32.1. The van der Waals surface area contributed by atoms with Gasteiger partial charge in [0.2, 0.25) is 0 Å². The molecule has 0 unspecified atom stereocenters. The summed E-state index contributed by atoms with van der Waals surface area (Å²) < 4.78 is 5.38. The van der Waals surface area contributed by atoms with E-state index in [9.17, 15) is 4.79 Å². The standard InChI is InChI=1S/C16H28N2O2S/c1-3-5-8-14(17)13-20-16(19)18(10-6-4-2)12-15-9-7-11-21-15/h7,9,11,14H,3-6,8,10,12-13,17H2,1-2H3/t14-/m0/s1. The van der Waals surface area contributed by atoms with Gasteiger partial charge in [0, 0.05) is 17.5 Å². The van der Waals surface area contributed by atoms with Gasteiger partial charge in [0.05, 0.1) is 6.54 Å². The molecule has 0 saturated heterocycles. The third kappa shape index (κ3) is 7.48. The molecule has 0 aliphatic carbocycles. The maximum absolute atomic E-state index is 12.2. The molecule has 5 heteroatoms. The summed E-state index contributed by atoms with van der Waals surface area (Å²) in [5, 5.41) is 2.03. The molecular weight excluding hydrogens is 284 g/mol. The van der Waals surface area contributed by atoms with Crippen LogP contribution in [0.5, 0.6) is 0 Å². The Hall–Kier alpha value is -1.07. The number of unbranched alkanes of at least 4 members (excludes halogenated alkanes) is 2. The average molecular weight is 312 g/mol. The molecule has 0 aliphatic heterocycles. The maximum Gasteiger partial charge on any atom is 0.410 e. The predicted molar refractivity (Wildman–Crippen MR) is 88.5 cm³/mol. The number of hydrogen-bond acceptors (Lipinski definition) is 4. The molecule has 120 valence electrons. The van der Waals surface area contributed by atoms with E-state index in [0.717, 1.165) is 38.6 Å². The van der Waals surface area contributed by atoms with Gasteiger partial charge in [0.25, 0.3) is 0 Å². The van der Waals surface area contributed by atoms with E-state index in [0.29, 0.717) is 13.2 Å². The molecular formula is C16H28N2O2S. The van der Waals surface area contributed by atoms with Crippen LogP contribution in [0.2, 0.25) is 0 Å². The van der Waals surface area contributed by atoms with Crippen molar-refractivity contribution in [3.8, 4) is 0 Å². The first-order chi connectivity index (χ1) is 10.2. The lowest BCUT2D eigenvalue weighted by atomic mass is 10.1. The molecule has 0 aliphatic rings. The van der Waals surface area contributed by atoms with Crippen molar-refractivity contribution in [2.75, 3.05) is 13.2 Å². The first kappa shape index (κ1) is 18.0. The zero-order valence-corrected chi connectivity index (χ0v) is 14.0. The largest absolute Gasteiger partial charge is 0.448 e. The Morgan fingerprint density at radius 2 is 2.14 bits per heavy atom. The van der Waals surface area contributed by atoms with Crippen molar-refractivity contribution < 1.29 is 9.53 Å². The van der Waals surface area contributed by atoms with Gasteiger partial charge in [-0.1, -0.05) is 39.2 Å². The summed E-state index contributed by atoms with van der Waals surface area (Å²) in [6, 6.07) is 4.00. The van der Waals surface area contributed by atoms with E-state index in [-0.39, 0.29) is 12.1 Å². The number of ether oxygens (including phenoxy) is 1. The summed E-state index contributed by atoms with van der Waals surface area (Å²) in [4.78, 5) is 15.2. The maximum atomic E-state index is 12.2. The van der Waals surface area contributed by atoms with Crippen LogP contribution in [0.15, 0.2) is 17.5 Å². The fourth-order valence-corrected chi connectivity index (χ4v) is 2.71. The van der Waals surface area contributed by atoms with Crippen LogP contribution >= 0.6 is 11.3 Å². The second-order valence-corrected chi connectivity index (χ2v) is 6.37. The van der Waals surface area contributed by atoms with Crippen LogP contribution in [0.25, 0.3) is 0 Å². The van der Waals surface area contributed by atoms with E-state index >= 15 is 0 Å². The van der Waals surface area contributed by atoms with Gasteiger partial charge in [-0.2, -0.15) is 0 Å². The molecule has 0 radical (unpaired) electrons. The molecule has 0 bridgehead atoms. The van der Waals surface area contributed by atoms with Crippen molar-refractivity contribution in [1.82, 2.24) is 4.90 Å². The van der Waals surface area contributed by atoms with Crippen LogP contribution in [-0.4, -0.2) is 30.2 Å². The number of thiophene rings is 1. The molecule has 1 rings (SSSR count). The minimum atomic E-state index is -0.246. The van der Waals surface area contributed by atoms with Gasteiger partial charge in [-0.25, -0.2) is 4.79 Å². The van der Waals surface area contributed by atoms with E-state index in [2.05, 4.69) is 13.8 Å². The molecule has 4 nitrogen and oxygen atoms in total. The topological polar surface area (TPSA) is 55.6 Å². The lowest BCUT2D eigenvalue weighted by molar-refractivity contribution is 0.0931. The van der Waals surface area contributed by atoms with Gasteiger partial charge < -0.3 is 15.4 Å². The van der Waals surface area contributed by atoms with E-state index < -0.39 is 0 Å². The molecule has 0 spiro atoms. The lowest BCUT2D eigenvalue weighted by Crippen LogP contribution is -2.35. The second-order valence-electron chi connectivity index (χ2n) is 5.33. The smallest absolute Gasteiger partial charge is 0.410 e. The predicted octanol–water partition coefficient (Wildman–Crippen LogP) is 4.00. The summed E-state index contributed by atoms with van der Waals surface area (Å²) in [5.74, 6) is 0. The molecule has 1 aromatic rings. The highest BCUT2D eigenvalue weighted by molar-refractivity contribution is 7.09. The molecule has 0 aromatic carbocycles. The Bertz CT molecular complexity index is 382. The van der Waals surface area contributed by atoms with E-state index in [1.807, 2.05) is 17.5 Å². The highest BCUT2D eigenvalue weighted by Crippen LogP contribution is 2.13. The molecule has 1 heterocycles. The first-order valence-corrected chi connectivity index (χ1v) is 8.75. The van der Waals surface area contributed by atoms with E-state index in [1.165, 1.54) is 4.88 Å². The zero-order chi connectivity index (χ0) is 15.5. The molecule has 1 amide bonds. The van der Waals surface area contributed by atoms with Crippen molar-refractivity contribution in [1.29, 1.82) is 0 Å². The number of amides is 1. The van der Waals surface area contributed by atoms with E-state index in [1.54, 1.807) is 16.2 Å². The van der Waals surface area contributed by atoms with Gasteiger partial charge in [-0.3, -0.25) is 0 Å². The van der Waals surface area contributed by atoms with Gasteiger partial charge >= 0.3 is 6.09 Å². The van der Waals surface area contributed by atoms with Crippen LogP contribution < -0.4 is 5.73 Å². The summed E-state index contributed by atoms with van der Waals surface area (Å²) in [5.41, 5.74) is 5.95. The highest BCUT2D eigenvalue weighted by Gasteiger charge is 2.16. The SMILES string of the molecule is CCCC[C@H](N)COC(=O)N(CCCC)Cc1cccs1. The Balaban J connectivity index is 2.43. The Morgan fingerprint density at radius 1 is 1.38 bits per heavy atom. The summed E-state index contributed by atoms with van der Waals surface area (Å²) in [6.45, 7) is 5.92. The van der Waals surface area contributed by atoms with Crippen LogP contribution in [0.1, 0.15) is 50.8 Å². The second kappa shape index (κ2) is 10.6. The quantitative estimate of drug-likeness (QED) is 0.710. The Labute approximate surface area is 132 Å². The van der Waals surface area contributed by atoms with Gasteiger partial charge in [-0.15, -0.1) is 11.3 Å². The fourth-order valence-electron chi connectivity index (χ4n) is 1.99. The van der Waals surface area contributed by atoms with Crippen molar-refractivity contribution in [2.24, 2.45) is 5.73 Å². The van der Waals surface area contributed by atoms with Crippen LogP contribution in [0, 0.1) is 0 Å². The monoisotopic (exact) mass is 312 g/mol. The summed E-state index contributed by atoms with van der Waals surface area (Å²) in [7, 11) is 0. The zero-order valence-electron chi connectivity index (χ0n) is 13.2. The summed E-state index contributed by atoms with van der Waals surface area (Å²) >= 11 is 1.66. The summed E-state index contributed by atoms with van der Waals surface area (Å²) in [6.07, 6.45) is 4.90. The lowest BCUT2D eigenvalue weighted by Gasteiger charge is -2.22. The molecule has 21 heavy (non-hydrogen) atoms. The first-order valence-electron chi connectivity index (χ1n) is 7.87. The number of nitrogens with zero attached hydrogens (tertiary/aromatic N) is 1. The minimum absolute atomic E-state index is 0.0522. The number of rotatable bonds is 10. The number of carbonyl (C=O) groups excluding carboxylic acids is 1. The Morgan fingerprint density at radius 3 is 2.76 bits per heavy atom. The molecule has 0 fully saturated rings. The normalized spacial score (nSPS) is 12.1. The van der Waals surface area contributed by atoms with Crippen LogP contribution in [-0.2, 0) is 11.3 Å². The van der Waals surface area contributed by atoms with Crippen molar-refractivity contribution in [2.45, 2.75) is 58.5 Å². The molecule has 1 aromatic heterocycles. The number of hydrogen-bond donors (Lipinski definition) is 1. The van der Waals surface area contributed by atoms with Crippen molar-refractivity contribution in [3.63, 3.8) is 0 Å². The third-order valence-corrected chi connectivity index (χ3v) is 4.18. The molecule has 1 atom stereocenters. The Kier molecular flexibility index (Phi) is 9.10. The molecule has 2 N–H and O–H groups in total. The third-order valence-electron chi connectivity index (χ3n) is 3.32. The van der Waals surface area contributed by atoms with Crippen molar-refractivity contribution in [3.05, 3.63) is 22.4 Å². The van der Waals surface area contributed by atoms with Gasteiger partial charge in [-0.05, 0) is 24.3 Å². The molecule has 0 saturated carbocycles. The van der Waals surface area contributed by atoms with Crippen LogP contribution in [0.3, 0.4) is 0 Å². The van der Waals surface area contributed by atoms with Crippen molar-refractivity contribution >= 4 is 17.4 Å². The fraction of sp³-hybridized carbons (Fsp3) is 0.688. The number of carbonyl (C=O) groups is 1. The van der Waals surface area contributed by atoms with Gasteiger partial charge in [0.1, 0.15) is 6.61 Å².